The molecule has 20 heavy (non-hydrogen) atoms. The van der Waals surface area contributed by atoms with Crippen LogP contribution in [0.15, 0.2) is 29.2 Å². The van der Waals surface area contributed by atoms with Crippen molar-refractivity contribution in [3.63, 3.8) is 0 Å². The van der Waals surface area contributed by atoms with Crippen molar-refractivity contribution in [2.45, 2.75) is 44.9 Å². The van der Waals surface area contributed by atoms with Gasteiger partial charge in [-0.2, -0.15) is 4.31 Å². The SMILES string of the molecule is CCCN(CCC)S(=O)(=O)c1cccc(C(=O)CC)c1. The van der Waals surface area contributed by atoms with E-state index in [4.69, 9.17) is 0 Å². The molecule has 0 aliphatic carbocycles. The summed E-state index contributed by atoms with van der Waals surface area (Å²) >= 11 is 0. The van der Waals surface area contributed by atoms with Gasteiger partial charge in [-0.05, 0) is 25.0 Å². The summed E-state index contributed by atoms with van der Waals surface area (Å²) in [5.41, 5.74) is 0.460. The molecule has 0 saturated carbocycles. The van der Waals surface area contributed by atoms with Crippen molar-refractivity contribution in [3.8, 4) is 0 Å². The molecular weight excluding hydrogens is 274 g/mol. The number of hydrogen-bond acceptors (Lipinski definition) is 3. The highest BCUT2D eigenvalue weighted by molar-refractivity contribution is 7.89. The van der Waals surface area contributed by atoms with Crippen LogP contribution < -0.4 is 0 Å². The van der Waals surface area contributed by atoms with Crippen LogP contribution in [0, 0.1) is 0 Å². The molecule has 1 aromatic rings. The van der Waals surface area contributed by atoms with E-state index in [0.717, 1.165) is 12.8 Å². The van der Waals surface area contributed by atoms with Crippen molar-refractivity contribution < 1.29 is 13.2 Å². The Morgan fingerprint density at radius 3 is 2.20 bits per heavy atom. The number of benzene rings is 1. The highest BCUT2D eigenvalue weighted by Crippen LogP contribution is 2.18. The molecular formula is C15H23NO3S. The highest BCUT2D eigenvalue weighted by atomic mass is 32.2. The Balaban J connectivity index is 3.16. The van der Waals surface area contributed by atoms with E-state index in [1.54, 1.807) is 25.1 Å². The van der Waals surface area contributed by atoms with E-state index in [-0.39, 0.29) is 10.7 Å². The summed E-state index contributed by atoms with van der Waals surface area (Å²) in [6, 6.07) is 6.33. The van der Waals surface area contributed by atoms with Crippen LogP contribution in [-0.2, 0) is 10.0 Å². The molecule has 0 atom stereocenters. The van der Waals surface area contributed by atoms with Gasteiger partial charge in [0.2, 0.25) is 10.0 Å². The Kier molecular flexibility index (Phi) is 6.36. The van der Waals surface area contributed by atoms with Gasteiger partial charge in [0.25, 0.3) is 0 Å². The molecule has 4 nitrogen and oxygen atoms in total. The van der Waals surface area contributed by atoms with E-state index in [1.165, 1.54) is 10.4 Å². The van der Waals surface area contributed by atoms with Gasteiger partial charge in [0, 0.05) is 25.1 Å². The van der Waals surface area contributed by atoms with Crippen LogP contribution in [0.2, 0.25) is 0 Å². The van der Waals surface area contributed by atoms with Crippen LogP contribution in [0.3, 0.4) is 0 Å². The lowest BCUT2D eigenvalue weighted by Gasteiger charge is -2.21. The zero-order valence-electron chi connectivity index (χ0n) is 12.4. The first kappa shape index (κ1) is 16.9. The molecule has 0 amide bonds. The van der Waals surface area contributed by atoms with Crippen LogP contribution in [0.5, 0.6) is 0 Å². The van der Waals surface area contributed by atoms with Crippen LogP contribution in [0.1, 0.15) is 50.4 Å². The summed E-state index contributed by atoms with van der Waals surface area (Å²) in [5.74, 6) is -0.0421. The van der Waals surface area contributed by atoms with Gasteiger partial charge in [-0.15, -0.1) is 0 Å². The van der Waals surface area contributed by atoms with Crippen LogP contribution in [-0.4, -0.2) is 31.6 Å². The highest BCUT2D eigenvalue weighted by Gasteiger charge is 2.23. The molecule has 112 valence electrons. The van der Waals surface area contributed by atoms with Gasteiger partial charge in [0.15, 0.2) is 5.78 Å². The number of carbonyl (C=O) groups excluding carboxylic acids is 1. The molecule has 0 fully saturated rings. The fourth-order valence-corrected chi connectivity index (χ4v) is 3.70. The standard InChI is InChI=1S/C15H23NO3S/c1-4-10-16(11-5-2)20(18,19)14-9-7-8-13(12-14)15(17)6-3/h7-9,12H,4-6,10-11H2,1-3H3. The lowest BCUT2D eigenvalue weighted by Crippen LogP contribution is -2.32. The average Bonchev–Trinajstić information content (AvgIpc) is 2.46. The van der Waals surface area contributed by atoms with Gasteiger partial charge >= 0.3 is 0 Å². The summed E-state index contributed by atoms with van der Waals surface area (Å²) in [4.78, 5) is 11.9. The zero-order chi connectivity index (χ0) is 15.2. The Hall–Kier alpha value is -1.20. The van der Waals surface area contributed by atoms with Gasteiger partial charge < -0.3 is 0 Å². The van der Waals surface area contributed by atoms with Crippen molar-refractivity contribution >= 4 is 15.8 Å². The predicted molar refractivity (Wildman–Crippen MR) is 80.4 cm³/mol. The maximum absolute atomic E-state index is 12.6. The van der Waals surface area contributed by atoms with Crippen LogP contribution in [0.25, 0.3) is 0 Å². The molecule has 0 spiro atoms. The molecule has 0 aromatic heterocycles. The van der Waals surface area contributed by atoms with Gasteiger partial charge in [-0.1, -0.05) is 32.9 Å². The molecule has 0 heterocycles. The Labute approximate surface area is 121 Å². The topological polar surface area (TPSA) is 54.5 Å². The maximum Gasteiger partial charge on any atom is 0.243 e. The third kappa shape index (κ3) is 3.90. The van der Waals surface area contributed by atoms with E-state index >= 15 is 0 Å². The van der Waals surface area contributed by atoms with Crippen LogP contribution >= 0.6 is 0 Å². The molecule has 0 bridgehead atoms. The van der Waals surface area contributed by atoms with E-state index < -0.39 is 10.0 Å². The zero-order valence-corrected chi connectivity index (χ0v) is 13.2. The van der Waals surface area contributed by atoms with E-state index in [9.17, 15) is 13.2 Å². The second-order valence-electron chi connectivity index (χ2n) is 4.71. The van der Waals surface area contributed by atoms with E-state index in [2.05, 4.69) is 0 Å². The molecule has 1 aromatic carbocycles. The smallest absolute Gasteiger partial charge is 0.243 e. The number of hydrogen-bond donors (Lipinski definition) is 0. The number of rotatable bonds is 8. The van der Waals surface area contributed by atoms with Gasteiger partial charge in [-0.3, -0.25) is 4.79 Å². The molecule has 0 N–H and O–H groups in total. The number of nitrogens with zero attached hydrogens (tertiary/aromatic N) is 1. The minimum atomic E-state index is -3.51. The second-order valence-corrected chi connectivity index (χ2v) is 6.65. The number of carbonyl (C=O) groups is 1. The van der Waals surface area contributed by atoms with Gasteiger partial charge in [0.1, 0.15) is 0 Å². The minimum Gasteiger partial charge on any atom is -0.294 e. The molecule has 0 aliphatic rings. The molecule has 1 rings (SSSR count). The normalized spacial score (nSPS) is 11.8. The summed E-state index contributed by atoms with van der Waals surface area (Å²) in [6.45, 7) is 6.68. The van der Waals surface area contributed by atoms with Crippen molar-refractivity contribution in [1.82, 2.24) is 4.31 Å². The number of sulfonamides is 1. The fourth-order valence-electron chi connectivity index (χ4n) is 2.03. The predicted octanol–water partition coefficient (Wildman–Crippen LogP) is 3.09. The number of Topliss-reactive ketones (excluding diaryl/α,β-unsaturated/α-hetero) is 1. The van der Waals surface area contributed by atoms with Gasteiger partial charge in [0.05, 0.1) is 4.90 Å². The third-order valence-electron chi connectivity index (χ3n) is 3.06. The molecule has 0 unspecified atom stereocenters. The molecule has 5 heteroatoms. The lowest BCUT2D eigenvalue weighted by molar-refractivity contribution is 0.0988. The molecule has 0 radical (unpaired) electrons. The molecule has 0 aliphatic heterocycles. The quantitative estimate of drug-likeness (QED) is 0.693. The molecule has 0 saturated heterocycles. The summed E-state index contributed by atoms with van der Waals surface area (Å²) in [6.07, 6.45) is 1.91. The van der Waals surface area contributed by atoms with Crippen LogP contribution in [0.4, 0.5) is 0 Å². The fraction of sp³-hybridized carbons (Fsp3) is 0.533. The van der Waals surface area contributed by atoms with Crippen molar-refractivity contribution in [2.75, 3.05) is 13.1 Å². The van der Waals surface area contributed by atoms with Crippen molar-refractivity contribution in [3.05, 3.63) is 29.8 Å². The number of ketones is 1. The van der Waals surface area contributed by atoms with Crippen molar-refractivity contribution in [2.24, 2.45) is 0 Å². The second kappa shape index (κ2) is 7.55. The largest absolute Gasteiger partial charge is 0.294 e. The third-order valence-corrected chi connectivity index (χ3v) is 4.96. The van der Waals surface area contributed by atoms with E-state index in [0.29, 0.717) is 25.1 Å². The first-order chi connectivity index (χ1) is 9.47. The van der Waals surface area contributed by atoms with Gasteiger partial charge in [-0.25, -0.2) is 8.42 Å². The lowest BCUT2D eigenvalue weighted by atomic mass is 10.1. The Morgan fingerprint density at radius 2 is 1.70 bits per heavy atom. The van der Waals surface area contributed by atoms with Crippen molar-refractivity contribution in [1.29, 1.82) is 0 Å². The Bertz CT molecular complexity index is 546. The average molecular weight is 297 g/mol. The summed E-state index contributed by atoms with van der Waals surface area (Å²) < 4.78 is 26.7. The monoisotopic (exact) mass is 297 g/mol. The Morgan fingerprint density at radius 1 is 1.10 bits per heavy atom. The minimum absolute atomic E-state index is 0.0421. The summed E-state index contributed by atoms with van der Waals surface area (Å²) in [5, 5.41) is 0. The summed E-state index contributed by atoms with van der Waals surface area (Å²) in [7, 11) is -3.51. The van der Waals surface area contributed by atoms with E-state index in [1.807, 2.05) is 13.8 Å². The first-order valence-electron chi connectivity index (χ1n) is 7.10. The first-order valence-corrected chi connectivity index (χ1v) is 8.54. The maximum atomic E-state index is 12.6.